The maximum Gasteiger partial charge on any atom is 0.142 e. The van der Waals surface area contributed by atoms with E-state index in [0.29, 0.717) is 13.2 Å². The molecule has 0 spiro atoms. The van der Waals surface area contributed by atoms with Crippen LogP contribution in [-0.2, 0) is 22.9 Å². The van der Waals surface area contributed by atoms with Gasteiger partial charge in [0.1, 0.15) is 13.2 Å². The van der Waals surface area contributed by atoms with Crippen molar-refractivity contribution in [3.63, 3.8) is 0 Å². The molecule has 0 aliphatic carbocycles. The molecule has 142 valence electrons. The summed E-state index contributed by atoms with van der Waals surface area (Å²) in [6, 6.07) is 28.0. The fourth-order valence-corrected chi connectivity index (χ4v) is 2.68. The fraction of sp³-hybridized carbons (Fsp3) is 0.167. The van der Waals surface area contributed by atoms with E-state index in [2.05, 4.69) is 10.3 Å². The second kappa shape index (κ2) is 10.1. The van der Waals surface area contributed by atoms with Gasteiger partial charge in [0.2, 0.25) is 0 Å². The third-order valence-electron chi connectivity index (χ3n) is 4.24. The number of nitrogens with zero attached hydrogens (tertiary/aromatic N) is 2. The first-order chi connectivity index (χ1) is 13.7. The number of oxime groups is 2. The van der Waals surface area contributed by atoms with E-state index < -0.39 is 0 Å². The molecule has 0 aliphatic rings. The molecule has 0 saturated carbocycles. The van der Waals surface area contributed by atoms with Crippen molar-refractivity contribution in [3.8, 4) is 0 Å². The van der Waals surface area contributed by atoms with Crippen molar-refractivity contribution in [2.24, 2.45) is 10.3 Å². The Balaban J connectivity index is 1.53. The van der Waals surface area contributed by atoms with Crippen LogP contribution in [0.3, 0.4) is 0 Å². The summed E-state index contributed by atoms with van der Waals surface area (Å²) in [6.45, 7) is 4.69. The monoisotopic (exact) mass is 372 g/mol. The molecule has 3 aromatic carbocycles. The first-order valence-electron chi connectivity index (χ1n) is 9.24. The van der Waals surface area contributed by atoms with Gasteiger partial charge >= 0.3 is 0 Å². The highest BCUT2D eigenvalue weighted by molar-refractivity contribution is 5.98. The molecular weight excluding hydrogens is 348 g/mol. The van der Waals surface area contributed by atoms with Gasteiger partial charge < -0.3 is 9.68 Å². The highest BCUT2D eigenvalue weighted by Gasteiger charge is 2.00. The number of rotatable bonds is 8. The topological polar surface area (TPSA) is 43.2 Å². The molecule has 0 radical (unpaired) electrons. The average molecular weight is 372 g/mol. The van der Waals surface area contributed by atoms with Crippen molar-refractivity contribution in [1.29, 1.82) is 0 Å². The molecule has 0 fully saturated rings. The quantitative estimate of drug-likeness (QED) is 0.383. The van der Waals surface area contributed by atoms with Crippen molar-refractivity contribution in [1.82, 2.24) is 0 Å². The van der Waals surface area contributed by atoms with E-state index in [1.54, 1.807) is 0 Å². The van der Waals surface area contributed by atoms with Crippen LogP contribution in [0, 0.1) is 0 Å². The highest BCUT2D eigenvalue weighted by Crippen LogP contribution is 2.10. The molecular formula is C24H24N2O2. The molecule has 4 heteroatoms. The van der Waals surface area contributed by atoms with Gasteiger partial charge in [0.05, 0.1) is 11.4 Å². The first-order valence-corrected chi connectivity index (χ1v) is 9.24. The number of hydrogen-bond donors (Lipinski definition) is 0. The van der Waals surface area contributed by atoms with Crippen LogP contribution in [0.5, 0.6) is 0 Å². The van der Waals surface area contributed by atoms with Crippen molar-refractivity contribution in [2.75, 3.05) is 0 Å². The Labute approximate surface area is 166 Å². The van der Waals surface area contributed by atoms with Crippen LogP contribution in [0.1, 0.15) is 36.1 Å². The smallest absolute Gasteiger partial charge is 0.142 e. The van der Waals surface area contributed by atoms with Gasteiger partial charge in [0.25, 0.3) is 0 Å². The van der Waals surface area contributed by atoms with Crippen LogP contribution in [0.25, 0.3) is 0 Å². The third-order valence-corrected chi connectivity index (χ3v) is 4.24. The molecule has 0 atom stereocenters. The lowest BCUT2D eigenvalue weighted by molar-refractivity contribution is 0.126. The summed E-state index contributed by atoms with van der Waals surface area (Å²) in [7, 11) is 0. The predicted molar refractivity (Wildman–Crippen MR) is 113 cm³/mol. The second-order valence-corrected chi connectivity index (χ2v) is 6.45. The van der Waals surface area contributed by atoms with Gasteiger partial charge in [-0.3, -0.25) is 0 Å². The van der Waals surface area contributed by atoms with E-state index in [1.807, 2.05) is 98.8 Å². The number of hydrogen-bond acceptors (Lipinski definition) is 4. The molecule has 0 N–H and O–H groups in total. The van der Waals surface area contributed by atoms with E-state index >= 15 is 0 Å². The van der Waals surface area contributed by atoms with Gasteiger partial charge in [0.15, 0.2) is 0 Å². The predicted octanol–water partition coefficient (Wildman–Crippen LogP) is 5.57. The SMILES string of the molecule is C/C(=N\OCc1cccc(CO/N=C(\C)c2ccccc2)c1)c1ccccc1. The van der Waals surface area contributed by atoms with Crippen LogP contribution in [0.4, 0.5) is 0 Å². The Hall–Kier alpha value is -3.40. The molecule has 0 saturated heterocycles. The summed E-state index contributed by atoms with van der Waals surface area (Å²) in [6.07, 6.45) is 0. The van der Waals surface area contributed by atoms with Crippen LogP contribution < -0.4 is 0 Å². The Morgan fingerprint density at radius 3 is 1.46 bits per heavy atom. The average Bonchev–Trinajstić information content (AvgIpc) is 2.75. The molecule has 3 aromatic rings. The zero-order valence-electron chi connectivity index (χ0n) is 16.2. The molecule has 0 bridgehead atoms. The van der Waals surface area contributed by atoms with E-state index in [1.165, 1.54) is 0 Å². The summed E-state index contributed by atoms with van der Waals surface area (Å²) < 4.78 is 0. The first kappa shape index (κ1) is 19.4. The Morgan fingerprint density at radius 2 is 1.04 bits per heavy atom. The molecule has 3 rings (SSSR count). The largest absolute Gasteiger partial charge is 0.391 e. The summed E-state index contributed by atoms with van der Waals surface area (Å²) in [4.78, 5) is 11.0. The van der Waals surface area contributed by atoms with Crippen LogP contribution in [0.2, 0.25) is 0 Å². The summed E-state index contributed by atoms with van der Waals surface area (Å²) >= 11 is 0. The van der Waals surface area contributed by atoms with E-state index in [9.17, 15) is 0 Å². The zero-order chi connectivity index (χ0) is 19.6. The summed E-state index contributed by atoms with van der Waals surface area (Å²) in [5, 5.41) is 8.40. The van der Waals surface area contributed by atoms with Gasteiger partial charge in [-0.15, -0.1) is 0 Å². The maximum absolute atomic E-state index is 5.51. The zero-order valence-corrected chi connectivity index (χ0v) is 16.2. The minimum absolute atomic E-state index is 0.407. The standard InChI is InChI=1S/C24H24N2O2/c1-19(23-12-5-3-6-13-23)25-27-17-21-10-9-11-22(16-21)18-28-26-20(2)24-14-7-4-8-15-24/h3-16H,17-18H2,1-2H3/b25-19+,26-20+. The molecule has 0 aliphatic heterocycles. The molecule has 0 amide bonds. The third kappa shape index (κ3) is 5.81. The lowest BCUT2D eigenvalue weighted by atomic mass is 10.1. The van der Waals surface area contributed by atoms with Gasteiger partial charge in [-0.05, 0) is 42.2 Å². The lowest BCUT2D eigenvalue weighted by Crippen LogP contribution is -1.98. The van der Waals surface area contributed by atoms with Gasteiger partial charge in [0, 0.05) is 0 Å². The fourth-order valence-electron chi connectivity index (χ4n) is 2.68. The molecule has 0 heterocycles. The summed E-state index contributed by atoms with van der Waals surface area (Å²) in [5.74, 6) is 0. The van der Waals surface area contributed by atoms with Crippen molar-refractivity contribution in [3.05, 3.63) is 107 Å². The Bertz CT molecular complexity index is 860. The maximum atomic E-state index is 5.51. The molecule has 0 unspecified atom stereocenters. The number of benzene rings is 3. The Kier molecular flexibility index (Phi) is 6.96. The normalized spacial score (nSPS) is 11.9. The van der Waals surface area contributed by atoms with E-state index in [4.69, 9.17) is 9.68 Å². The second-order valence-electron chi connectivity index (χ2n) is 6.45. The molecule has 4 nitrogen and oxygen atoms in total. The van der Waals surface area contributed by atoms with Gasteiger partial charge in [-0.1, -0.05) is 89.2 Å². The van der Waals surface area contributed by atoms with E-state index in [-0.39, 0.29) is 0 Å². The van der Waals surface area contributed by atoms with Crippen molar-refractivity contribution >= 4 is 11.4 Å². The van der Waals surface area contributed by atoms with Crippen LogP contribution in [0.15, 0.2) is 95.2 Å². The van der Waals surface area contributed by atoms with Gasteiger partial charge in [-0.25, -0.2) is 0 Å². The Morgan fingerprint density at radius 1 is 0.607 bits per heavy atom. The summed E-state index contributed by atoms with van der Waals surface area (Å²) in [5.41, 5.74) is 5.88. The van der Waals surface area contributed by atoms with Crippen LogP contribution >= 0.6 is 0 Å². The van der Waals surface area contributed by atoms with E-state index in [0.717, 1.165) is 33.7 Å². The molecule has 0 aromatic heterocycles. The highest BCUT2D eigenvalue weighted by atomic mass is 16.6. The minimum Gasteiger partial charge on any atom is -0.391 e. The minimum atomic E-state index is 0.407. The lowest BCUT2D eigenvalue weighted by Gasteiger charge is -2.06. The van der Waals surface area contributed by atoms with Crippen molar-refractivity contribution in [2.45, 2.75) is 27.1 Å². The van der Waals surface area contributed by atoms with Gasteiger partial charge in [-0.2, -0.15) is 0 Å². The van der Waals surface area contributed by atoms with Crippen LogP contribution in [-0.4, -0.2) is 11.4 Å². The molecule has 28 heavy (non-hydrogen) atoms. The van der Waals surface area contributed by atoms with Crippen molar-refractivity contribution < 1.29 is 9.68 Å².